The van der Waals surface area contributed by atoms with Gasteiger partial charge in [-0.1, -0.05) is 6.07 Å². The predicted octanol–water partition coefficient (Wildman–Crippen LogP) is 1.93. The maximum absolute atomic E-state index is 13.6. The number of hydrogen-bond donors (Lipinski definition) is 3. The fourth-order valence-electron chi connectivity index (χ4n) is 2.91. The molecule has 2 aromatic rings. The van der Waals surface area contributed by atoms with Gasteiger partial charge < -0.3 is 25.1 Å². The van der Waals surface area contributed by atoms with Crippen molar-refractivity contribution in [3.8, 4) is 0 Å². The van der Waals surface area contributed by atoms with Crippen LogP contribution in [0.5, 0.6) is 0 Å². The van der Waals surface area contributed by atoms with Crippen molar-refractivity contribution in [3.05, 3.63) is 57.9 Å². The predicted molar refractivity (Wildman–Crippen MR) is 103 cm³/mol. The Kier molecular flexibility index (Phi) is 7.65. The van der Waals surface area contributed by atoms with Crippen LogP contribution in [0.2, 0.25) is 0 Å². The number of likely N-dealkylation sites (N-methyl/N-ethyl adjacent to an activating group) is 1. The molecule has 2 rings (SSSR count). The summed E-state index contributed by atoms with van der Waals surface area (Å²) in [5.41, 5.74) is 1.03. The van der Waals surface area contributed by atoms with E-state index in [1.54, 1.807) is 13.8 Å². The van der Waals surface area contributed by atoms with Crippen molar-refractivity contribution in [1.29, 1.82) is 0 Å². The molecule has 0 aliphatic carbocycles. The highest BCUT2D eigenvalue weighted by molar-refractivity contribution is 6.02. The van der Waals surface area contributed by atoms with Gasteiger partial charge in [0.15, 0.2) is 11.6 Å². The lowest BCUT2D eigenvalue weighted by Gasteiger charge is -2.18. The Morgan fingerprint density at radius 1 is 1.13 bits per heavy atom. The van der Waals surface area contributed by atoms with Crippen LogP contribution in [0, 0.1) is 25.5 Å². The second-order valence-corrected chi connectivity index (χ2v) is 6.45. The minimum Gasteiger partial charge on any atom is -0.460 e. The fraction of sp³-hybridized carbons (Fsp3) is 0.350. The highest BCUT2D eigenvalue weighted by Gasteiger charge is 2.28. The molecule has 0 bridgehead atoms. The van der Waals surface area contributed by atoms with Crippen molar-refractivity contribution in [1.82, 2.24) is 15.6 Å². The number of aromatic nitrogens is 1. The average molecular weight is 423 g/mol. The van der Waals surface area contributed by atoms with E-state index < -0.39 is 35.5 Å². The topological polar surface area (TPSA) is 110 Å². The van der Waals surface area contributed by atoms with Gasteiger partial charge in [0.2, 0.25) is 5.91 Å². The smallest absolute Gasteiger partial charge is 0.340 e. The SMILES string of the molecule is CNC(=O)C(NC(=O)c1[nH]c(C)c(C(=O)OCCOC)c1C)c1ccc(F)c(F)c1. The summed E-state index contributed by atoms with van der Waals surface area (Å²) in [5, 5.41) is 4.84. The molecule has 1 aromatic heterocycles. The molecule has 1 unspecified atom stereocenters. The van der Waals surface area contributed by atoms with Crippen LogP contribution < -0.4 is 10.6 Å². The largest absolute Gasteiger partial charge is 0.460 e. The molecule has 0 radical (unpaired) electrons. The monoisotopic (exact) mass is 423 g/mol. The molecule has 1 heterocycles. The van der Waals surface area contributed by atoms with Crippen molar-refractivity contribution in [2.24, 2.45) is 0 Å². The Labute approximate surface area is 171 Å². The van der Waals surface area contributed by atoms with Gasteiger partial charge in [-0.15, -0.1) is 0 Å². The van der Waals surface area contributed by atoms with Gasteiger partial charge >= 0.3 is 5.97 Å². The van der Waals surface area contributed by atoms with Crippen LogP contribution >= 0.6 is 0 Å². The van der Waals surface area contributed by atoms with Crippen molar-refractivity contribution in [2.75, 3.05) is 27.4 Å². The lowest BCUT2D eigenvalue weighted by atomic mass is 10.0. The van der Waals surface area contributed by atoms with Crippen molar-refractivity contribution < 1.29 is 32.6 Å². The number of nitrogens with one attached hydrogen (secondary N) is 3. The summed E-state index contributed by atoms with van der Waals surface area (Å²) in [5.74, 6) is -4.18. The van der Waals surface area contributed by atoms with E-state index in [2.05, 4.69) is 15.6 Å². The Hall–Kier alpha value is -3.27. The number of amides is 2. The van der Waals surface area contributed by atoms with Crippen molar-refractivity contribution in [3.63, 3.8) is 0 Å². The number of rotatable bonds is 8. The molecular formula is C20H23F2N3O5. The van der Waals surface area contributed by atoms with E-state index in [0.29, 0.717) is 11.3 Å². The minimum atomic E-state index is -1.28. The zero-order valence-corrected chi connectivity index (χ0v) is 17.0. The van der Waals surface area contributed by atoms with Crippen LogP contribution in [0.25, 0.3) is 0 Å². The second kappa shape index (κ2) is 9.97. The zero-order valence-electron chi connectivity index (χ0n) is 17.0. The summed E-state index contributed by atoms with van der Waals surface area (Å²) >= 11 is 0. The first-order valence-corrected chi connectivity index (χ1v) is 9.03. The molecular weight excluding hydrogens is 400 g/mol. The summed E-state index contributed by atoms with van der Waals surface area (Å²) in [6.07, 6.45) is 0. The van der Waals surface area contributed by atoms with Gasteiger partial charge in [-0.25, -0.2) is 13.6 Å². The van der Waals surface area contributed by atoms with Crippen LogP contribution in [0.3, 0.4) is 0 Å². The van der Waals surface area contributed by atoms with Gasteiger partial charge in [0.25, 0.3) is 5.91 Å². The number of ether oxygens (including phenoxy) is 2. The number of aromatic amines is 1. The number of H-pyrrole nitrogens is 1. The second-order valence-electron chi connectivity index (χ2n) is 6.45. The molecule has 0 saturated heterocycles. The number of benzene rings is 1. The Bertz CT molecular complexity index is 958. The lowest BCUT2D eigenvalue weighted by molar-refractivity contribution is -0.122. The first-order chi connectivity index (χ1) is 14.2. The van der Waals surface area contributed by atoms with Crippen LogP contribution in [-0.4, -0.2) is 50.1 Å². The summed E-state index contributed by atoms with van der Waals surface area (Å²) in [6, 6.07) is 1.62. The van der Waals surface area contributed by atoms with Gasteiger partial charge in [0.1, 0.15) is 18.3 Å². The standard InChI is InChI=1S/C20H23F2N3O5/c1-10-15(20(28)30-8-7-29-4)11(2)24-16(10)19(27)25-17(18(26)23-3)12-5-6-13(21)14(22)9-12/h5-6,9,17,24H,7-8H2,1-4H3,(H,23,26)(H,25,27). The van der Waals surface area contributed by atoms with E-state index in [-0.39, 0.29) is 30.0 Å². The highest BCUT2D eigenvalue weighted by atomic mass is 19.2. The van der Waals surface area contributed by atoms with E-state index in [4.69, 9.17) is 9.47 Å². The number of methoxy groups -OCH3 is 1. The molecule has 1 atom stereocenters. The highest BCUT2D eigenvalue weighted by Crippen LogP contribution is 2.21. The molecule has 0 spiro atoms. The normalized spacial score (nSPS) is 11.7. The molecule has 0 fully saturated rings. The zero-order chi connectivity index (χ0) is 22.4. The molecule has 0 saturated carbocycles. The molecule has 30 heavy (non-hydrogen) atoms. The van der Waals surface area contributed by atoms with E-state index in [1.807, 2.05) is 0 Å². The molecule has 0 aliphatic heterocycles. The summed E-state index contributed by atoms with van der Waals surface area (Å²) in [6.45, 7) is 3.43. The van der Waals surface area contributed by atoms with E-state index in [1.165, 1.54) is 20.2 Å². The first kappa shape index (κ1) is 23.0. The molecule has 3 N–H and O–H groups in total. The summed E-state index contributed by atoms with van der Waals surface area (Å²) in [7, 11) is 2.82. The number of aryl methyl sites for hydroxylation is 1. The third-order valence-corrected chi connectivity index (χ3v) is 4.45. The Balaban J connectivity index is 2.30. The molecule has 1 aromatic carbocycles. The van der Waals surface area contributed by atoms with Gasteiger partial charge in [-0.3, -0.25) is 9.59 Å². The molecule has 10 heteroatoms. The summed E-state index contributed by atoms with van der Waals surface area (Å²) in [4.78, 5) is 40.2. The number of halogens is 2. The van der Waals surface area contributed by atoms with Crippen LogP contribution in [0.1, 0.15) is 43.7 Å². The van der Waals surface area contributed by atoms with E-state index in [9.17, 15) is 23.2 Å². The van der Waals surface area contributed by atoms with E-state index in [0.717, 1.165) is 12.1 Å². The van der Waals surface area contributed by atoms with Crippen LogP contribution in [0.15, 0.2) is 18.2 Å². The number of carbonyl (C=O) groups excluding carboxylic acids is 3. The van der Waals surface area contributed by atoms with Gasteiger partial charge in [-0.05, 0) is 37.1 Å². The lowest BCUT2D eigenvalue weighted by Crippen LogP contribution is -2.39. The maximum Gasteiger partial charge on any atom is 0.340 e. The van der Waals surface area contributed by atoms with Gasteiger partial charge in [0, 0.05) is 19.9 Å². The Morgan fingerprint density at radius 3 is 2.43 bits per heavy atom. The third kappa shape index (κ3) is 5.01. The van der Waals surface area contributed by atoms with Crippen LogP contribution in [-0.2, 0) is 14.3 Å². The van der Waals surface area contributed by atoms with Gasteiger partial charge in [0.05, 0.1) is 12.2 Å². The number of carbonyl (C=O) groups is 3. The van der Waals surface area contributed by atoms with Crippen molar-refractivity contribution in [2.45, 2.75) is 19.9 Å². The fourth-order valence-corrected chi connectivity index (χ4v) is 2.91. The van der Waals surface area contributed by atoms with E-state index >= 15 is 0 Å². The molecule has 162 valence electrons. The third-order valence-electron chi connectivity index (χ3n) is 4.45. The molecule has 8 nitrogen and oxygen atoms in total. The quantitative estimate of drug-likeness (QED) is 0.444. The maximum atomic E-state index is 13.6. The molecule has 0 aliphatic rings. The summed E-state index contributed by atoms with van der Waals surface area (Å²) < 4.78 is 36.8. The van der Waals surface area contributed by atoms with Gasteiger partial charge in [-0.2, -0.15) is 0 Å². The number of hydrogen-bond acceptors (Lipinski definition) is 5. The average Bonchev–Trinajstić information content (AvgIpc) is 3.02. The Morgan fingerprint density at radius 2 is 1.83 bits per heavy atom. The van der Waals surface area contributed by atoms with Crippen molar-refractivity contribution >= 4 is 17.8 Å². The first-order valence-electron chi connectivity index (χ1n) is 9.03. The minimum absolute atomic E-state index is 0.0441. The number of esters is 1. The van der Waals surface area contributed by atoms with Crippen LogP contribution in [0.4, 0.5) is 8.78 Å². The molecule has 2 amide bonds.